The van der Waals surface area contributed by atoms with Crippen molar-refractivity contribution in [2.75, 3.05) is 26.3 Å². The van der Waals surface area contributed by atoms with Gasteiger partial charge in [0, 0.05) is 25.7 Å². The smallest absolute Gasteiger partial charge is 0.255 e. The number of amides is 1. The van der Waals surface area contributed by atoms with E-state index in [-0.39, 0.29) is 18.8 Å². The van der Waals surface area contributed by atoms with Gasteiger partial charge in [-0.15, -0.1) is 0 Å². The van der Waals surface area contributed by atoms with Gasteiger partial charge in [-0.2, -0.15) is 0 Å². The molecule has 0 radical (unpaired) electrons. The molecule has 1 aliphatic rings. The molecule has 0 bridgehead atoms. The Balaban J connectivity index is 1.86. The number of rotatable bonds is 6. The molecule has 2 unspecified atom stereocenters. The number of carbonyl (C=O) groups is 1. The van der Waals surface area contributed by atoms with Gasteiger partial charge in [0.25, 0.3) is 5.91 Å². The van der Waals surface area contributed by atoms with E-state index in [1.807, 2.05) is 31.2 Å². The van der Waals surface area contributed by atoms with Crippen LogP contribution >= 0.6 is 0 Å². The molecule has 21 heavy (non-hydrogen) atoms. The summed E-state index contributed by atoms with van der Waals surface area (Å²) in [7, 11) is 0. The first-order valence-corrected chi connectivity index (χ1v) is 7.14. The molecule has 1 heterocycles. The van der Waals surface area contributed by atoms with E-state index in [4.69, 9.17) is 20.9 Å². The number of benzene rings is 1. The summed E-state index contributed by atoms with van der Waals surface area (Å²) in [4.78, 5) is 13.0. The van der Waals surface area contributed by atoms with Crippen molar-refractivity contribution in [3.63, 3.8) is 0 Å². The Kier molecular flexibility index (Phi) is 5.55. The lowest BCUT2D eigenvalue weighted by Crippen LogP contribution is -2.49. The topological polar surface area (TPSA) is 90.8 Å². The Labute approximate surface area is 125 Å². The molecule has 0 aliphatic carbocycles. The second-order valence-corrected chi connectivity index (χ2v) is 5.40. The Morgan fingerprint density at radius 2 is 2.19 bits per heavy atom. The molecule has 1 saturated heterocycles. The van der Waals surface area contributed by atoms with Crippen molar-refractivity contribution in [2.45, 2.75) is 25.6 Å². The van der Waals surface area contributed by atoms with Crippen LogP contribution in [0.1, 0.15) is 12.5 Å². The predicted molar refractivity (Wildman–Crippen MR) is 79.8 cm³/mol. The summed E-state index contributed by atoms with van der Waals surface area (Å²) in [5.74, 6) is 0.169. The highest BCUT2D eigenvalue weighted by Gasteiger charge is 2.23. The molecule has 1 aromatic rings. The number of hydrogen-bond acceptors (Lipinski definition) is 5. The largest absolute Gasteiger partial charge is 0.484 e. The van der Waals surface area contributed by atoms with Crippen LogP contribution in [0.15, 0.2) is 24.3 Å². The molecule has 4 N–H and O–H groups in total. The molecule has 116 valence electrons. The summed E-state index contributed by atoms with van der Waals surface area (Å²) in [5, 5.41) is 0. The van der Waals surface area contributed by atoms with Crippen molar-refractivity contribution < 1.29 is 14.3 Å². The fraction of sp³-hybridized carbons (Fsp3) is 0.533. The van der Waals surface area contributed by atoms with Gasteiger partial charge in [-0.1, -0.05) is 12.1 Å². The zero-order valence-corrected chi connectivity index (χ0v) is 12.3. The standard InChI is InChI=1S/C15H23N3O3/c1-11(16)14-9-18(6-7-20-14)8-12-2-4-13(5-3-12)21-10-15(17)19/h2-5,11,14H,6-10,16H2,1H3,(H2,17,19). The van der Waals surface area contributed by atoms with Crippen LogP contribution in [0.2, 0.25) is 0 Å². The molecule has 2 atom stereocenters. The first kappa shape index (κ1) is 15.8. The quantitative estimate of drug-likeness (QED) is 0.776. The number of hydrogen-bond donors (Lipinski definition) is 2. The van der Waals surface area contributed by atoms with Crippen LogP contribution < -0.4 is 16.2 Å². The minimum atomic E-state index is -0.477. The third-order valence-electron chi connectivity index (χ3n) is 3.47. The third kappa shape index (κ3) is 5.00. The monoisotopic (exact) mass is 293 g/mol. The second-order valence-electron chi connectivity index (χ2n) is 5.40. The molecule has 2 rings (SSSR count). The van der Waals surface area contributed by atoms with E-state index in [2.05, 4.69) is 4.90 Å². The van der Waals surface area contributed by atoms with Gasteiger partial charge >= 0.3 is 0 Å². The van der Waals surface area contributed by atoms with Crippen LogP contribution in [0.5, 0.6) is 5.75 Å². The van der Waals surface area contributed by atoms with E-state index >= 15 is 0 Å². The highest BCUT2D eigenvalue weighted by molar-refractivity contribution is 5.75. The molecule has 6 heteroatoms. The van der Waals surface area contributed by atoms with Crippen LogP contribution in [-0.4, -0.2) is 49.3 Å². The van der Waals surface area contributed by atoms with E-state index in [1.165, 1.54) is 5.56 Å². The number of morpholine rings is 1. The first-order chi connectivity index (χ1) is 10.0. The summed E-state index contributed by atoms with van der Waals surface area (Å²) in [6.07, 6.45) is 0.0944. The molecular formula is C15H23N3O3. The molecule has 1 aromatic carbocycles. The Hall–Kier alpha value is -1.63. The summed E-state index contributed by atoms with van der Waals surface area (Å²) in [5.41, 5.74) is 12.1. The van der Waals surface area contributed by atoms with Crippen molar-refractivity contribution in [2.24, 2.45) is 11.5 Å². The molecule has 0 spiro atoms. The average Bonchev–Trinajstić information content (AvgIpc) is 2.47. The van der Waals surface area contributed by atoms with Crippen molar-refractivity contribution in [3.8, 4) is 5.75 Å². The molecule has 0 aromatic heterocycles. The predicted octanol–water partition coefficient (Wildman–Crippen LogP) is 0.0987. The van der Waals surface area contributed by atoms with Gasteiger partial charge in [0.15, 0.2) is 6.61 Å². The zero-order valence-electron chi connectivity index (χ0n) is 12.3. The number of nitrogens with two attached hydrogens (primary N) is 2. The molecule has 1 aliphatic heterocycles. The highest BCUT2D eigenvalue weighted by Crippen LogP contribution is 2.16. The fourth-order valence-corrected chi connectivity index (χ4v) is 2.30. The minimum absolute atomic E-state index is 0.0392. The van der Waals surface area contributed by atoms with Gasteiger partial charge in [0.05, 0.1) is 12.7 Å². The lowest BCUT2D eigenvalue weighted by Gasteiger charge is -2.34. The fourth-order valence-electron chi connectivity index (χ4n) is 2.30. The van der Waals surface area contributed by atoms with E-state index < -0.39 is 5.91 Å². The maximum Gasteiger partial charge on any atom is 0.255 e. The van der Waals surface area contributed by atoms with Gasteiger partial charge in [0.1, 0.15) is 5.75 Å². The van der Waals surface area contributed by atoms with Crippen LogP contribution in [0, 0.1) is 0 Å². The van der Waals surface area contributed by atoms with Crippen molar-refractivity contribution >= 4 is 5.91 Å². The van der Waals surface area contributed by atoms with E-state index in [1.54, 1.807) is 0 Å². The van der Waals surface area contributed by atoms with Gasteiger partial charge in [-0.3, -0.25) is 9.69 Å². The number of primary amides is 1. The SMILES string of the molecule is CC(N)C1CN(Cc2ccc(OCC(N)=O)cc2)CCO1. The molecule has 0 saturated carbocycles. The maximum atomic E-state index is 10.7. The van der Waals surface area contributed by atoms with Crippen molar-refractivity contribution in [3.05, 3.63) is 29.8 Å². The number of nitrogens with zero attached hydrogens (tertiary/aromatic N) is 1. The van der Waals surface area contributed by atoms with Gasteiger partial charge in [-0.05, 0) is 24.6 Å². The van der Waals surface area contributed by atoms with E-state index in [0.717, 1.165) is 19.6 Å². The highest BCUT2D eigenvalue weighted by atomic mass is 16.5. The molecule has 1 amide bonds. The van der Waals surface area contributed by atoms with E-state index in [9.17, 15) is 4.79 Å². The minimum Gasteiger partial charge on any atom is -0.484 e. The first-order valence-electron chi connectivity index (χ1n) is 7.14. The third-order valence-corrected chi connectivity index (χ3v) is 3.47. The van der Waals surface area contributed by atoms with E-state index in [0.29, 0.717) is 12.4 Å². The van der Waals surface area contributed by atoms with Crippen LogP contribution in [0.4, 0.5) is 0 Å². The van der Waals surface area contributed by atoms with Crippen LogP contribution in [0.3, 0.4) is 0 Å². The lowest BCUT2D eigenvalue weighted by molar-refractivity contribution is -0.119. The van der Waals surface area contributed by atoms with Gasteiger partial charge in [0.2, 0.25) is 0 Å². The molecule has 6 nitrogen and oxygen atoms in total. The normalized spacial score (nSPS) is 21.0. The van der Waals surface area contributed by atoms with Crippen LogP contribution in [-0.2, 0) is 16.1 Å². The summed E-state index contributed by atoms with van der Waals surface area (Å²) in [6, 6.07) is 7.72. The van der Waals surface area contributed by atoms with Crippen molar-refractivity contribution in [1.82, 2.24) is 4.90 Å². The zero-order chi connectivity index (χ0) is 15.2. The lowest BCUT2D eigenvalue weighted by atomic mass is 10.1. The van der Waals surface area contributed by atoms with Crippen LogP contribution in [0.25, 0.3) is 0 Å². The van der Waals surface area contributed by atoms with Gasteiger partial charge < -0.3 is 20.9 Å². The summed E-state index contributed by atoms with van der Waals surface area (Å²) < 4.78 is 10.9. The molecule has 1 fully saturated rings. The average molecular weight is 293 g/mol. The number of ether oxygens (including phenoxy) is 2. The summed E-state index contributed by atoms with van der Waals surface area (Å²) >= 11 is 0. The molecular weight excluding hydrogens is 270 g/mol. The van der Waals surface area contributed by atoms with Gasteiger partial charge in [-0.25, -0.2) is 0 Å². The van der Waals surface area contributed by atoms with Crippen molar-refractivity contribution in [1.29, 1.82) is 0 Å². The second kappa shape index (κ2) is 7.40. The summed E-state index contributed by atoms with van der Waals surface area (Å²) in [6.45, 7) is 5.19. The Morgan fingerprint density at radius 3 is 2.81 bits per heavy atom. The maximum absolute atomic E-state index is 10.7. The Morgan fingerprint density at radius 1 is 1.48 bits per heavy atom. The number of carbonyl (C=O) groups excluding carboxylic acids is 1. The Bertz CT molecular complexity index is 462.